The molecule has 1 atom stereocenters. The number of aromatic nitrogens is 1. The van der Waals surface area contributed by atoms with Crippen LogP contribution in [-0.2, 0) is 6.54 Å². The van der Waals surface area contributed by atoms with Crippen molar-refractivity contribution < 1.29 is 4.74 Å². The van der Waals surface area contributed by atoms with Gasteiger partial charge in [0, 0.05) is 49.8 Å². The van der Waals surface area contributed by atoms with E-state index in [1.165, 1.54) is 10.4 Å². The molecule has 4 nitrogen and oxygen atoms in total. The predicted molar refractivity (Wildman–Crippen MR) is 90.4 cm³/mol. The first-order chi connectivity index (χ1) is 10.8. The number of hydrogen-bond donors (Lipinski definition) is 0. The number of rotatable bonds is 5. The van der Waals surface area contributed by atoms with E-state index in [9.17, 15) is 0 Å². The Hall–Kier alpha value is -1.43. The van der Waals surface area contributed by atoms with Gasteiger partial charge in [0.05, 0.1) is 12.6 Å². The molecule has 1 fully saturated rings. The van der Waals surface area contributed by atoms with E-state index in [0.29, 0.717) is 6.04 Å². The molecular weight excluding hydrogens is 294 g/mol. The standard InChI is InChI=1S/C17H23N3OS/c1-14(15-4-3-5-16(10-15)21-2)20-8-6-19(7-9-20)12-17-11-18-13-22-17/h3-5,10-11,13-14H,6-9,12H2,1-2H3. The van der Waals surface area contributed by atoms with Crippen LogP contribution < -0.4 is 4.74 Å². The molecule has 2 heterocycles. The quantitative estimate of drug-likeness (QED) is 0.847. The molecule has 0 amide bonds. The topological polar surface area (TPSA) is 28.6 Å². The molecule has 1 aromatic heterocycles. The number of methoxy groups -OCH3 is 1. The number of thiazole rings is 1. The van der Waals surface area contributed by atoms with Crippen LogP contribution >= 0.6 is 11.3 Å². The molecule has 0 N–H and O–H groups in total. The lowest BCUT2D eigenvalue weighted by Gasteiger charge is -2.38. The third-order valence-corrected chi connectivity index (χ3v) is 5.16. The van der Waals surface area contributed by atoms with Crippen molar-refractivity contribution in [1.29, 1.82) is 0 Å². The molecule has 5 heteroatoms. The molecule has 1 aliphatic rings. The minimum atomic E-state index is 0.431. The molecule has 0 bridgehead atoms. The van der Waals surface area contributed by atoms with E-state index in [0.717, 1.165) is 38.5 Å². The van der Waals surface area contributed by atoms with Crippen LogP contribution in [0.5, 0.6) is 5.75 Å². The third-order valence-electron chi connectivity index (χ3n) is 4.39. The van der Waals surface area contributed by atoms with Crippen molar-refractivity contribution >= 4 is 11.3 Å². The summed E-state index contributed by atoms with van der Waals surface area (Å²) in [7, 11) is 1.72. The normalized spacial score (nSPS) is 18.3. The molecule has 0 radical (unpaired) electrons. The highest BCUT2D eigenvalue weighted by Crippen LogP contribution is 2.25. The average Bonchev–Trinajstić information content (AvgIpc) is 3.08. The van der Waals surface area contributed by atoms with Crippen molar-refractivity contribution in [3.8, 4) is 5.75 Å². The highest BCUT2D eigenvalue weighted by molar-refractivity contribution is 7.09. The van der Waals surface area contributed by atoms with Crippen molar-refractivity contribution in [3.05, 3.63) is 46.4 Å². The van der Waals surface area contributed by atoms with Gasteiger partial charge in [-0.2, -0.15) is 0 Å². The Balaban J connectivity index is 1.56. The van der Waals surface area contributed by atoms with E-state index in [1.54, 1.807) is 18.4 Å². The van der Waals surface area contributed by atoms with Crippen LogP contribution in [0.4, 0.5) is 0 Å². The Morgan fingerprint density at radius 1 is 1.27 bits per heavy atom. The number of ether oxygens (including phenoxy) is 1. The average molecular weight is 317 g/mol. The summed E-state index contributed by atoms with van der Waals surface area (Å²) in [5.74, 6) is 0.938. The zero-order chi connectivity index (χ0) is 15.4. The third kappa shape index (κ3) is 3.66. The Kier molecular flexibility index (Phi) is 5.08. The van der Waals surface area contributed by atoms with Gasteiger partial charge >= 0.3 is 0 Å². The molecular formula is C17H23N3OS. The summed E-state index contributed by atoms with van der Waals surface area (Å²) < 4.78 is 5.34. The number of benzene rings is 1. The van der Waals surface area contributed by atoms with Gasteiger partial charge in [-0.3, -0.25) is 14.8 Å². The highest BCUT2D eigenvalue weighted by Gasteiger charge is 2.22. The summed E-state index contributed by atoms with van der Waals surface area (Å²) in [6, 6.07) is 8.85. The van der Waals surface area contributed by atoms with Gasteiger partial charge in [0.25, 0.3) is 0 Å². The van der Waals surface area contributed by atoms with Crippen LogP contribution in [-0.4, -0.2) is 48.1 Å². The fraction of sp³-hybridized carbons (Fsp3) is 0.471. The van der Waals surface area contributed by atoms with E-state index in [-0.39, 0.29) is 0 Å². The van der Waals surface area contributed by atoms with Crippen LogP contribution in [0.15, 0.2) is 36.0 Å². The lowest BCUT2D eigenvalue weighted by molar-refractivity contribution is 0.0984. The van der Waals surface area contributed by atoms with Crippen molar-refractivity contribution in [2.75, 3.05) is 33.3 Å². The van der Waals surface area contributed by atoms with E-state index in [4.69, 9.17) is 4.74 Å². The summed E-state index contributed by atoms with van der Waals surface area (Å²) in [5, 5.41) is 0. The Morgan fingerprint density at radius 3 is 2.77 bits per heavy atom. The van der Waals surface area contributed by atoms with Gasteiger partial charge < -0.3 is 4.74 Å². The summed E-state index contributed by atoms with van der Waals surface area (Å²) in [6.45, 7) is 7.77. The summed E-state index contributed by atoms with van der Waals surface area (Å²) in [5.41, 5.74) is 3.24. The van der Waals surface area contributed by atoms with E-state index in [1.807, 2.05) is 17.8 Å². The molecule has 22 heavy (non-hydrogen) atoms. The largest absolute Gasteiger partial charge is 0.497 e. The molecule has 1 aliphatic heterocycles. The van der Waals surface area contributed by atoms with Gasteiger partial charge in [-0.1, -0.05) is 12.1 Å². The molecule has 3 rings (SSSR count). The van der Waals surface area contributed by atoms with Crippen LogP contribution in [0, 0.1) is 0 Å². The molecule has 118 valence electrons. The Bertz CT molecular complexity index is 579. The summed E-state index contributed by atoms with van der Waals surface area (Å²) in [4.78, 5) is 10.6. The molecule has 2 aromatic rings. The molecule has 1 saturated heterocycles. The van der Waals surface area contributed by atoms with E-state index < -0.39 is 0 Å². The fourth-order valence-corrected chi connectivity index (χ4v) is 3.60. The van der Waals surface area contributed by atoms with Crippen molar-refractivity contribution in [2.45, 2.75) is 19.5 Å². The number of nitrogens with zero attached hydrogens (tertiary/aromatic N) is 3. The lowest BCUT2D eigenvalue weighted by atomic mass is 10.1. The monoisotopic (exact) mass is 317 g/mol. The zero-order valence-electron chi connectivity index (χ0n) is 13.2. The molecule has 0 spiro atoms. The second-order valence-corrected chi connectivity index (χ2v) is 6.70. The van der Waals surface area contributed by atoms with Gasteiger partial charge in [-0.15, -0.1) is 11.3 Å². The van der Waals surface area contributed by atoms with Crippen LogP contribution in [0.2, 0.25) is 0 Å². The van der Waals surface area contributed by atoms with Crippen molar-refractivity contribution in [1.82, 2.24) is 14.8 Å². The van der Waals surface area contributed by atoms with Gasteiger partial charge in [-0.05, 0) is 24.6 Å². The van der Waals surface area contributed by atoms with Crippen molar-refractivity contribution in [2.24, 2.45) is 0 Å². The van der Waals surface area contributed by atoms with Gasteiger partial charge in [0.15, 0.2) is 0 Å². The van der Waals surface area contributed by atoms with Gasteiger partial charge in [-0.25, -0.2) is 0 Å². The molecule has 1 aromatic carbocycles. The maximum Gasteiger partial charge on any atom is 0.119 e. The maximum absolute atomic E-state index is 5.34. The minimum Gasteiger partial charge on any atom is -0.497 e. The van der Waals surface area contributed by atoms with E-state index in [2.05, 4.69) is 39.9 Å². The first-order valence-corrected chi connectivity index (χ1v) is 8.62. The van der Waals surface area contributed by atoms with Crippen LogP contribution in [0.3, 0.4) is 0 Å². The molecule has 0 aliphatic carbocycles. The maximum atomic E-state index is 5.34. The first-order valence-electron chi connectivity index (χ1n) is 7.74. The second-order valence-electron chi connectivity index (χ2n) is 5.73. The minimum absolute atomic E-state index is 0.431. The highest BCUT2D eigenvalue weighted by atomic mass is 32.1. The van der Waals surface area contributed by atoms with Crippen molar-refractivity contribution in [3.63, 3.8) is 0 Å². The van der Waals surface area contributed by atoms with Gasteiger partial charge in [0.1, 0.15) is 5.75 Å². The smallest absolute Gasteiger partial charge is 0.119 e. The molecule has 1 unspecified atom stereocenters. The first kappa shape index (κ1) is 15.5. The summed E-state index contributed by atoms with van der Waals surface area (Å²) >= 11 is 1.74. The second kappa shape index (κ2) is 7.22. The molecule has 0 saturated carbocycles. The Morgan fingerprint density at radius 2 is 2.09 bits per heavy atom. The van der Waals surface area contributed by atoms with E-state index >= 15 is 0 Å². The number of piperazine rings is 1. The summed E-state index contributed by atoms with van der Waals surface area (Å²) in [6.07, 6.45) is 1.98. The van der Waals surface area contributed by atoms with Crippen LogP contribution in [0.1, 0.15) is 23.4 Å². The SMILES string of the molecule is COc1cccc(C(C)N2CCN(Cc3cncs3)CC2)c1. The lowest BCUT2D eigenvalue weighted by Crippen LogP contribution is -2.46. The van der Waals surface area contributed by atoms with Gasteiger partial charge in [0.2, 0.25) is 0 Å². The zero-order valence-corrected chi connectivity index (χ0v) is 14.1. The van der Waals surface area contributed by atoms with Crippen LogP contribution in [0.25, 0.3) is 0 Å². The Labute approximate surface area is 136 Å². The fourth-order valence-electron chi connectivity index (χ4n) is 2.96. The predicted octanol–water partition coefficient (Wildman–Crippen LogP) is 3.03. The number of hydrogen-bond acceptors (Lipinski definition) is 5.